The van der Waals surface area contributed by atoms with E-state index in [0.717, 1.165) is 22.3 Å². The molecule has 2 rings (SSSR count). The molecule has 0 saturated heterocycles. The zero-order chi connectivity index (χ0) is 20.0. The second-order valence-corrected chi connectivity index (χ2v) is 9.40. The molecule has 0 spiro atoms. The van der Waals surface area contributed by atoms with Crippen LogP contribution in [0.3, 0.4) is 0 Å². The molecule has 0 atom stereocenters. The van der Waals surface area contributed by atoms with Gasteiger partial charge in [-0.2, -0.15) is 0 Å². The van der Waals surface area contributed by atoms with Crippen LogP contribution in [0.4, 0.5) is 0 Å². The Morgan fingerprint density at radius 3 is 1.27 bits per heavy atom. The molecule has 2 heteroatoms. The number of benzene rings is 2. The fraction of sp³-hybridized carbons (Fsp3) is 0.417. The van der Waals surface area contributed by atoms with E-state index in [0.29, 0.717) is 16.7 Å². The highest BCUT2D eigenvalue weighted by Gasteiger charge is 2.25. The molecule has 2 aromatic rings. The molecule has 0 aromatic heterocycles. The topological polar surface area (TPSA) is 40.5 Å². The summed E-state index contributed by atoms with van der Waals surface area (Å²) in [7, 11) is 0. The standard InChI is InChI=1S/C24H32O2/c1-14-10-17(21(25)19(12-14)23(4,5)6)16(3)18-11-15(2)13-20(22(18)26)24(7,8)9/h10-13,25-26H,3H2,1-2,4-9H3. The van der Waals surface area contributed by atoms with Crippen LogP contribution in [0.1, 0.15) is 74.9 Å². The Labute approximate surface area is 158 Å². The van der Waals surface area contributed by atoms with Gasteiger partial charge in [0, 0.05) is 22.3 Å². The van der Waals surface area contributed by atoms with E-state index in [9.17, 15) is 10.2 Å². The predicted octanol–water partition coefficient (Wildman–Crippen LogP) is 6.37. The van der Waals surface area contributed by atoms with Gasteiger partial charge in [-0.3, -0.25) is 0 Å². The molecule has 0 saturated carbocycles. The number of phenolic OH excluding ortho intramolecular Hbond substituents is 2. The molecule has 26 heavy (non-hydrogen) atoms. The lowest BCUT2D eigenvalue weighted by Gasteiger charge is -2.25. The van der Waals surface area contributed by atoms with Crippen LogP contribution in [-0.2, 0) is 10.8 Å². The van der Waals surface area contributed by atoms with Crippen molar-refractivity contribution in [3.05, 3.63) is 64.2 Å². The van der Waals surface area contributed by atoms with Crippen molar-refractivity contribution in [3.63, 3.8) is 0 Å². The monoisotopic (exact) mass is 352 g/mol. The molecule has 0 fully saturated rings. The minimum Gasteiger partial charge on any atom is -0.507 e. The molecule has 0 radical (unpaired) electrons. The van der Waals surface area contributed by atoms with Gasteiger partial charge < -0.3 is 10.2 Å². The zero-order valence-corrected chi connectivity index (χ0v) is 17.4. The summed E-state index contributed by atoms with van der Waals surface area (Å²) in [6.07, 6.45) is 0. The molecule has 2 N–H and O–H groups in total. The maximum Gasteiger partial charge on any atom is 0.127 e. The van der Waals surface area contributed by atoms with E-state index in [2.05, 4.69) is 48.1 Å². The van der Waals surface area contributed by atoms with Gasteiger partial charge in [-0.1, -0.05) is 60.3 Å². The fourth-order valence-electron chi connectivity index (χ4n) is 3.31. The van der Waals surface area contributed by atoms with E-state index in [-0.39, 0.29) is 22.3 Å². The largest absolute Gasteiger partial charge is 0.507 e. The van der Waals surface area contributed by atoms with Gasteiger partial charge in [-0.15, -0.1) is 0 Å². The lowest BCUT2D eigenvalue weighted by Crippen LogP contribution is -2.13. The van der Waals surface area contributed by atoms with E-state index < -0.39 is 0 Å². The third-order valence-corrected chi connectivity index (χ3v) is 4.77. The normalized spacial score (nSPS) is 12.3. The van der Waals surface area contributed by atoms with Gasteiger partial charge in [0.25, 0.3) is 0 Å². The number of aryl methyl sites for hydroxylation is 2. The Morgan fingerprint density at radius 2 is 1.00 bits per heavy atom. The number of phenols is 2. The highest BCUT2D eigenvalue weighted by Crippen LogP contribution is 2.43. The second kappa shape index (κ2) is 6.50. The van der Waals surface area contributed by atoms with E-state index >= 15 is 0 Å². The van der Waals surface area contributed by atoms with Crippen LogP contribution in [0.15, 0.2) is 30.8 Å². The van der Waals surface area contributed by atoms with Crippen LogP contribution in [0.25, 0.3) is 5.57 Å². The van der Waals surface area contributed by atoms with Crippen molar-refractivity contribution in [3.8, 4) is 11.5 Å². The molecular formula is C24H32O2. The summed E-state index contributed by atoms with van der Waals surface area (Å²) < 4.78 is 0. The van der Waals surface area contributed by atoms with Crippen molar-refractivity contribution in [1.29, 1.82) is 0 Å². The van der Waals surface area contributed by atoms with E-state index in [1.807, 2.05) is 38.1 Å². The average Bonchev–Trinajstić information content (AvgIpc) is 2.48. The van der Waals surface area contributed by atoms with Crippen molar-refractivity contribution >= 4 is 5.57 Å². The molecule has 0 heterocycles. The maximum absolute atomic E-state index is 10.9. The summed E-state index contributed by atoms with van der Waals surface area (Å²) in [5.74, 6) is 0.484. The molecule has 0 aliphatic rings. The lowest BCUT2D eigenvalue weighted by atomic mass is 9.80. The van der Waals surface area contributed by atoms with Gasteiger partial charge in [-0.05, 0) is 53.5 Å². The molecule has 0 bridgehead atoms. The van der Waals surface area contributed by atoms with Crippen LogP contribution < -0.4 is 0 Å². The van der Waals surface area contributed by atoms with Gasteiger partial charge in [0.05, 0.1) is 0 Å². The zero-order valence-electron chi connectivity index (χ0n) is 17.4. The van der Waals surface area contributed by atoms with Crippen molar-refractivity contribution in [2.75, 3.05) is 0 Å². The first kappa shape index (κ1) is 20.1. The summed E-state index contributed by atoms with van der Waals surface area (Å²) >= 11 is 0. The number of rotatable bonds is 2. The van der Waals surface area contributed by atoms with E-state index in [1.165, 1.54) is 0 Å². The summed E-state index contributed by atoms with van der Waals surface area (Å²) in [5, 5.41) is 21.9. The number of aromatic hydroxyl groups is 2. The van der Waals surface area contributed by atoms with Crippen molar-refractivity contribution < 1.29 is 10.2 Å². The molecule has 0 aliphatic carbocycles. The third-order valence-electron chi connectivity index (χ3n) is 4.77. The Kier molecular flexibility index (Phi) is 5.02. The predicted molar refractivity (Wildman–Crippen MR) is 111 cm³/mol. The minimum absolute atomic E-state index is 0.184. The maximum atomic E-state index is 10.9. The van der Waals surface area contributed by atoms with Crippen LogP contribution in [0.2, 0.25) is 0 Å². The molecule has 0 amide bonds. The summed E-state index contributed by atoms with van der Waals surface area (Å²) in [5.41, 5.74) is 5.52. The van der Waals surface area contributed by atoms with E-state index in [4.69, 9.17) is 0 Å². The molecule has 140 valence electrons. The van der Waals surface area contributed by atoms with Gasteiger partial charge in [-0.25, -0.2) is 0 Å². The lowest BCUT2D eigenvalue weighted by molar-refractivity contribution is 0.442. The van der Waals surface area contributed by atoms with Crippen molar-refractivity contribution in [1.82, 2.24) is 0 Å². The summed E-state index contributed by atoms with van der Waals surface area (Å²) in [6, 6.07) is 7.91. The second-order valence-electron chi connectivity index (χ2n) is 9.40. The van der Waals surface area contributed by atoms with Crippen LogP contribution in [0, 0.1) is 13.8 Å². The van der Waals surface area contributed by atoms with Crippen molar-refractivity contribution in [2.24, 2.45) is 0 Å². The van der Waals surface area contributed by atoms with Crippen molar-refractivity contribution in [2.45, 2.75) is 66.2 Å². The molecule has 0 aliphatic heterocycles. The van der Waals surface area contributed by atoms with Gasteiger partial charge in [0.2, 0.25) is 0 Å². The quantitative estimate of drug-likeness (QED) is 0.659. The van der Waals surface area contributed by atoms with Crippen LogP contribution in [-0.4, -0.2) is 10.2 Å². The van der Waals surface area contributed by atoms with Gasteiger partial charge >= 0.3 is 0 Å². The molecule has 2 aromatic carbocycles. The Hall–Kier alpha value is -2.22. The molecule has 2 nitrogen and oxygen atoms in total. The third kappa shape index (κ3) is 3.80. The first-order valence-electron chi connectivity index (χ1n) is 9.11. The summed E-state index contributed by atoms with van der Waals surface area (Å²) in [4.78, 5) is 0. The van der Waals surface area contributed by atoms with E-state index in [1.54, 1.807) is 0 Å². The molecule has 0 unspecified atom stereocenters. The first-order chi connectivity index (χ1) is 11.7. The van der Waals surface area contributed by atoms with Crippen LogP contribution in [0.5, 0.6) is 11.5 Å². The first-order valence-corrected chi connectivity index (χ1v) is 9.11. The smallest absolute Gasteiger partial charge is 0.127 e. The fourth-order valence-corrected chi connectivity index (χ4v) is 3.31. The summed E-state index contributed by atoms with van der Waals surface area (Å²) in [6.45, 7) is 20.7. The average molecular weight is 353 g/mol. The molecular weight excluding hydrogens is 320 g/mol. The minimum atomic E-state index is -0.184. The Bertz CT molecular complexity index is 788. The number of hydrogen-bond acceptors (Lipinski definition) is 2. The highest BCUT2D eigenvalue weighted by atomic mass is 16.3. The Morgan fingerprint density at radius 1 is 0.692 bits per heavy atom. The van der Waals surface area contributed by atoms with Gasteiger partial charge in [0.1, 0.15) is 11.5 Å². The highest BCUT2D eigenvalue weighted by molar-refractivity contribution is 5.85. The Balaban J connectivity index is 2.72. The van der Waals surface area contributed by atoms with Crippen LogP contribution >= 0.6 is 0 Å². The SMILES string of the molecule is C=C(c1cc(C)cc(C(C)(C)C)c1O)c1cc(C)cc(C(C)(C)C)c1O. The number of hydrogen-bond donors (Lipinski definition) is 2. The van der Waals surface area contributed by atoms with Gasteiger partial charge in [0.15, 0.2) is 0 Å².